The van der Waals surface area contributed by atoms with Gasteiger partial charge < -0.3 is 10.1 Å². The Morgan fingerprint density at radius 2 is 1.96 bits per heavy atom. The highest BCUT2D eigenvalue weighted by molar-refractivity contribution is 9.10. The van der Waals surface area contributed by atoms with Crippen LogP contribution in [0, 0.1) is 0 Å². The minimum Gasteiger partial charge on any atom is -0.496 e. The molecule has 0 bridgehead atoms. The summed E-state index contributed by atoms with van der Waals surface area (Å²) in [5, 5.41) is 6.31. The van der Waals surface area contributed by atoms with Crippen molar-refractivity contribution < 1.29 is 9.53 Å². The Morgan fingerprint density at radius 3 is 2.61 bits per heavy atom. The summed E-state index contributed by atoms with van der Waals surface area (Å²) in [4.78, 5) is 12.2. The molecule has 0 unspecified atom stereocenters. The molecule has 0 saturated heterocycles. The molecule has 2 aromatic rings. The van der Waals surface area contributed by atoms with Crippen LogP contribution in [0.4, 0.5) is 5.69 Å². The van der Waals surface area contributed by atoms with Gasteiger partial charge >= 0.3 is 0 Å². The van der Waals surface area contributed by atoms with Crippen LogP contribution in [-0.2, 0) is 0 Å². The van der Waals surface area contributed by atoms with Crippen molar-refractivity contribution in [3.8, 4) is 5.75 Å². The zero-order valence-electron chi connectivity index (χ0n) is 11.8. The lowest BCUT2D eigenvalue weighted by Crippen LogP contribution is -2.34. The number of carbonyl (C=O) groups excluding carboxylic acids is 1. The summed E-state index contributed by atoms with van der Waals surface area (Å²) in [6.07, 6.45) is 0. The van der Waals surface area contributed by atoms with E-state index in [-0.39, 0.29) is 10.7 Å². The Bertz CT molecular complexity index is 771. The number of benzene rings is 2. The molecule has 8 heteroatoms. The highest BCUT2D eigenvalue weighted by Crippen LogP contribution is 2.27. The number of methoxy groups -OCH3 is 1. The number of rotatable bonds is 3. The van der Waals surface area contributed by atoms with Crippen LogP contribution in [-0.4, -0.2) is 18.1 Å². The molecular formula is C15H11BrCl2N2O2S. The predicted molar refractivity (Wildman–Crippen MR) is 101 cm³/mol. The molecule has 0 aromatic heterocycles. The zero-order chi connectivity index (χ0) is 17.0. The molecule has 0 saturated carbocycles. The molecule has 23 heavy (non-hydrogen) atoms. The minimum atomic E-state index is -0.442. The molecule has 2 N–H and O–H groups in total. The Balaban J connectivity index is 2.06. The van der Waals surface area contributed by atoms with Gasteiger partial charge in [-0.3, -0.25) is 10.1 Å². The average Bonchev–Trinajstić information content (AvgIpc) is 2.49. The predicted octanol–water partition coefficient (Wildman–Crippen LogP) is 4.89. The highest BCUT2D eigenvalue weighted by Gasteiger charge is 2.13. The first-order chi connectivity index (χ1) is 10.9. The second kappa shape index (κ2) is 7.97. The monoisotopic (exact) mass is 432 g/mol. The van der Waals surface area contributed by atoms with Gasteiger partial charge in [-0.25, -0.2) is 0 Å². The van der Waals surface area contributed by atoms with Gasteiger partial charge in [-0.1, -0.05) is 23.2 Å². The standard InChI is InChI=1S/C15H11BrCl2N2O2S/c1-22-13-5-3-9(7-11(13)16)19-15(23)20-14(21)10-6-8(17)2-4-12(10)18/h2-7H,1H3,(H2,19,20,21,23). The van der Waals surface area contributed by atoms with Gasteiger partial charge in [0.25, 0.3) is 5.91 Å². The summed E-state index contributed by atoms with van der Waals surface area (Å²) in [7, 11) is 1.58. The molecule has 2 aromatic carbocycles. The second-order valence-corrected chi connectivity index (χ2v) is 6.49. The van der Waals surface area contributed by atoms with Crippen molar-refractivity contribution in [2.75, 3.05) is 12.4 Å². The van der Waals surface area contributed by atoms with Crippen molar-refractivity contribution in [2.24, 2.45) is 0 Å². The van der Waals surface area contributed by atoms with E-state index in [0.717, 1.165) is 4.47 Å². The van der Waals surface area contributed by atoms with Gasteiger partial charge in [-0.05, 0) is 64.5 Å². The highest BCUT2D eigenvalue weighted by atomic mass is 79.9. The molecule has 0 atom stereocenters. The Kier molecular flexibility index (Phi) is 6.24. The Morgan fingerprint density at radius 1 is 1.22 bits per heavy atom. The quantitative estimate of drug-likeness (QED) is 0.676. The topological polar surface area (TPSA) is 50.4 Å². The van der Waals surface area contributed by atoms with E-state index in [9.17, 15) is 4.79 Å². The fraction of sp³-hybridized carbons (Fsp3) is 0.0667. The largest absolute Gasteiger partial charge is 0.496 e. The van der Waals surface area contributed by atoms with E-state index in [4.69, 9.17) is 40.2 Å². The van der Waals surface area contributed by atoms with Crippen molar-refractivity contribution >= 4 is 68.1 Å². The number of halogens is 3. The van der Waals surface area contributed by atoms with E-state index < -0.39 is 5.91 Å². The first kappa shape index (κ1) is 18.0. The summed E-state index contributed by atoms with van der Waals surface area (Å²) in [5.41, 5.74) is 0.944. The summed E-state index contributed by atoms with van der Waals surface area (Å²) >= 11 is 20.4. The number of anilines is 1. The fourth-order valence-corrected chi connectivity index (χ4v) is 2.88. The zero-order valence-corrected chi connectivity index (χ0v) is 15.7. The molecule has 0 fully saturated rings. The van der Waals surface area contributed by atoms with Gasteiger partial charge in [0.1, 0.15) is 5.75 Å². The van der Waals surface area contributed by atoms with Gasteiger partial charge in [0.05, 0.1) is 22.2 Å². The van der Waals surface area contributed by atoms with Crippen molar-refractivity contribution in [3.63, 3.8) is 0 Å². The Hall–Kier alpha value is -1.34. The molecule has 0 aliphatic rings. The van der Waals surface area contributed by atoms with Crippen molar-refractivity contribution in [1.29, 1.82) is 0 Å². The summed E-state index contributed by atoms with van der Waals surface area (Å²) in [6.45, 7) is 0. The SMILES string of the molecule is COc1ccc(NC(=S)NC(=O)c2cc(Cl)ccc2Cl)cc1Br. The fourth-order valence-electron chi connectivity index (χ4n) is 1.75. The van der Waals surface area contributed by atoms with Gasteiger partial charge in [-0.2, -0.15) is 0 Å². The molecule has 1 amide bonds. The first-order valence-electron chi connectivity index (χ1n) is 6.31. The van der Waals surface area contributed by atoms with E-state index in [1.807, 2.05) is 0 Å². The molecular weight excluding hydrogens is 423 g/mol. The third-order valence-electron chi connectivity index (χ3n) is 2.81. The normalized spacial score (nSPS) is 10.1. The maximum atomic E-state index is 12.2. The van der Waals surface area contributed by atoms with Crippen LogP contribution < -0.4 is 15.4 Å². The van der Waals surface area contributed by atoms with E-state index in [2.05, 4.69) is 26.6 Å². The van der Waals surface area contributed by atoms with Crippen LogP contribution in [0.1, 0.15) is 10.4 Å². The number of amides is 1. The molecule has 2 rings (SSSR count). The average molecular weight is 434 g/mol. The van der Waals surface area contributed by atoms with E-state index >= 15 is 0 Å². The lowest BCUT2D eigenvalue weighted by Gasteiger charge is -2.12. The van der Waals surface area contributed by atoms with E-state index in [1.54, 1.807) is 37.4 Å². The van der Waals surface area contributed by atoms with Crippen LogP contribution in [0.3, 0.4) is 0 Å². The third-order valence-corrected chi connectivity index (χ3v) is 4.20. The molecule has 4 nitrogen and oxygen atoms in total. The lowest BCUT2D eigenvalue weighted by molar-refractivity contribution is 0.0978. The molecule has 0 spiro atoms. The minimum absolute atomic E-state index is 0.142. The molecule has 0 heterocycles. The number of thiocarbonyl (C=S) groups is 1. The molecule has 120 valence electrons. The van der Waals surface area contributed by atoms with Gasteiger partial charge in [0.2, 0.25) is 0 Å². The van der Waals surface area contributed by atoms with E-state index in [0.29, 0.717) is 21.5 Å². The van der Waals surface area contributed by atoms with Crippen LogP contribution >= 0.6 is 51.3 Å². The second-order valence-electron chi connectivity index (χ2n) is 4.38. The number of ether oxygens (including phenoxy) is 1. The number of carbonyl (C=O) groups is 1. The van der Waals surface area contributed by atoms with Gasteiger partial charge in [0, 0.05) is 10.7 Å². The van der Waals surface area contributed by atoms with Crippen molar-refractivity contribution in [1.82, 2.24) is 5.32 Å². The van der Waals surface area contributed by atoms with E-state index in [1.165, 1.54) is 6.07 Å². The maximum Gasteiger partial charge on any atom is 0.258 e. The first-order valence-corrected chi connectivity index (χ1v) is 8.27. The van der Waals surface area contributed by atoms with Crippen molar-refractivity contribution in [2.45, 2.75) is 0 Å². The van der Waals surface area contributed by atoms with Crippen LogP contribution in [0.15, 0.2) is 40.9 Å². The van der Waals surface area contributed by atoms with Crippen LogP contribution in [0.25, 0.3) is 0 Å². The molecule has 0 radical (unpaired) electrons. The van der Waals surface area contributed by atoms with Gasteiger partial charge in [-0.15, -0.1) is 0 Å². The Labute approximate surface area is 157 Å². The summed E-state index contributed by atoms with van der Waals surface area (Å²) in [6, 6.07) is 9.95. The van der Waals surface area contributed by atoms with Crippen molar-refractivity contribution in [3.05, 3.63) is 56.5 Å². The van der Waals surface area contributed by atoms with Gasteiger partial charge in [0.15, 0.2) is 5.11 Å². The summed E-state index contributed by atoms with van der Waals surface area (Å²) in [5.74, 6) is 0.249. The smallest absolute Gasteiger partial charge is 0.258 e. The molecule has 0 aliphatic heterocycles. The summed E-state index contributed by atoms with van der Waals surface area (Å²) < 4.78 is 5.91. The molecule has 0 aliphatic carbocycles. The van der Waals surface area contributed by atoms with Crippen LogP contribution in [0.2, 0.25) is 10.0 Å². The van der Waals surface area contributed by atoms with Crippen LogP contribution in [0.5, 0.6) is 5.75 Å². The number of hydrogen-bond acceptors (Lipinski definition) is 3. The third kappa shape index (κ3) is 4.81. The maximum absolute atomic E-state index is 12.2. The number of hydrogen-bond donors (Lipinski definition) is 2. The lowest BCUT2D eigenvalue weighted by atomic mass is 10.2. The number of nitrogens with one attached hydrogen (secondary N) is 2.